The SMILES string of the molecule is COC(=O)C1c2cc(OC)c(OC)cc2Oc2c(OCc3ccccc3)cccc21. The maximum atomic E-state index is 12.7. The van der Waals surface area contributed by atoms with E-state index in [4.69, 9.17) is 23.7 Å². The molecule has 0 bridgehead atoms. The third-order valence-electron chi connectivity index (χ3n) is 5.03. The molecule has 0 saturated carbocycles. The molecule has 3 aromatic rings. The minimum Gasteiger partial charge on any atom is -0.493 e. The second-order valence-corrected chi connectivity index (χ2v) is 6.75. The molecular weight excluding hydrogens is 384 g/mol. The summed E-state index contributed by atoms with van der Waals surface area (Å²) in [6, 6.07) is 18.8. The zero-order valence-corrected chi connectivity index (χ0v) is 17.0. The minimum atomic E-state index is -0.672. The normalized spacial score (nSPS) is 14.0. The Morgan fingerprint density at radius 3 is 2.30 bits per heavy atom. The van der Waals surface area contributed by atoms with Crippen LogP contribution in [0, 0.1) is 0 Å². The van der Waals surface area contributed by atoms with Crippen LogP contribution in [0.15, 0.2) is 60.7 Å². The fourth-order valence-corrected chi connectivity index (χ4v) is 3.56. The third-order valence-corrected chi connectivity index (χ3v) is 5.03. The van der Waals surface area contributed by atoms with Gasteiger partial charge in [-0.3, -0.25) is 4.79 Å². The highest BCUT2D eigenvalue weighted by Gasteiger charge is 2.36. The lowest BCUT2D eigenvalue weighted by atomic mass is 9.87. The molecule has 30 heavy (non-hydrogen) atoms. The van der Waals surface area contributed by atoms with E-state index >= 15 is 0 Å². The van der Waals surface area contributed by atoms with Crippen LogP contribution >= 0.6 is 0 Å². The molecule has 0 amide bonds. The Morgan fingerprint density at radius 2 is 1.60 bits per heavy atom. The fraction of sp³-hybridized carbons (Fsp3) is 0.208. The molecule has 0 saturated heterocycles. The maximum Gasteiger partial charge on any atom is 0.317 e. The molecule has 0 spiro atoms. The Morgan fingerprint density at radius 1 is 0.867 bits per heavy atom. The quantitative estimate of drug-likeness (QED) is 0.553. The van der Waals surface area contributed by atoms with Gasteiger partial charge >= 0.3 is 5.97 Å². The predicted octanol–water partition coefficient (Wildman–Crippen LogP) is 4.69. The van der Waals surface area contributed by atoms with Crippen molar-refractivity contribution in [3.63, 3.8) is 0 Å². The van der Waals surface area contributed by atoms with E-state index < -0.39 is 11.9 Å². The highest BCUT2D eigenvalue weighted by molar-refractivity contribution is 5.86. The molecule has 0 aromatic heterocycles. The van der Waals surface area contributed by atoms with Crippen molar-refractivity contribution in [3.8, 4) is 28.7 Å². The number of fused-ring (bicyclic) bond motifs is 2. The molecule has 6 heteroatoms. The molecule has 0 radical (unpaired) electrons. The zero-order valence-electron chi connectivity index (χ0n) is 17.0. The molecule has 3 aromatic carbocycles. The van der Waals surface area contributed by atoms with Crippen molar-refractivity contribution < 1.29 is 28.5 Å². The number of methoxy groups -OCH3 is 3. The van der Waals surface area contributed by atoms with Gasteiger partial charge in [-0.25, -0.2) is 0 Å². The lowest BCUT2D eigenvalue weighted by Crippen LogP contribution is -2.20. The first-order chi connectivity index (χ1) is 14.7. The van der Waals surface area contributed by atoms with Crippen LogP contribution < -0.4 is 18.9 Å². The standard InChI is InChI=1S/C24H22O6/c1-26-20-12-17-19(13-21(20)27-2)30-23-16(22(17)24(25)28-3)10-7-11-18(23)29-14-15-8-5-4-6-9-15/h4-13,22H,14H2,1-3H3. The van der Waals surface area contributed by atoms with Gasteiger partial charge in [0.2, 0.25) is 0 Å². The van der Waals surface area contributed by atoms with Gasteiger partial charge in [0.25, 0.3) is 0 Å². The van der Waals surface area contributed by atoms with Crippen LogP contribution in [0.2, 0.25) is 0 Å². The van der Waals surface area contributed by atoms with Crippen molar-refractivity contribution >= 4 is 5.97 Å². The lowest BCUT2D eigenvalue weighted by Gasteiger charge is -2.28. The first kappa shape index (κ1) is 19.6. The number of para-hydroxylation sites is 1. The highest BCUT2D eigenvalue weighted by atomic mass is 16.5. The second kappa shape index (κ2) is 8.37. The van der Waals surface area contributed by atoms with Crippen molar-refractivity contribution in [2.45, 2.75) is 12.5 Å². The van der Waals surface area contributed by atoms with Crippen molar-refractivity contribution in [2.24, 2.45) is 0 Å². The van der Waals surface area contributed by atoms with Gasteiger partial charge in [-0.05, 0) is 17.7 Å². The number of carbonyl (C=O) groups excluding carboxylic acids is 1. The Bertz CT molecular complexity index is 1060. The van der Waals surface area contributed by atoms with Crippen LogP contribution in [0.1, 0.15) is 22.6 Å². The van der Waals surface area contributed by atoms with Gasteiger partial charge in [-0.15, -0.1) is 0 Å². The highest BCUT2D eigenvalue weighted by Crippen LogP contribution is 2.51. The summed E-state index contributed by atoms with van der Waals surface area (Å²) in [5.74, 6) is 1.47. The molecule has 6 nitrogen and oxygen atoms in total. The van der Waals surface area contributed by atoms with Gasteiger partial charge in [-0.2, -0.15) is 0 Å². The first-order valence-electron chi connectivity index (χ1n) is 9.47. The van der Waals surface area contributed by atoms with Crippen LogP contribution in [-0.2, 0) is 16.1 Å². The van der Waals surface area contributed by atoms with Crippen molar-refractivity contribution in [1.29, 1.82) is 0 Å². The number of hydrogen-bond donors (Lipinski definition) is 0. The van der Waals surface area contributed by atoms with Gasteiger partial charge in [-0.1, -0.05) is 42.5 Å². The van der Waals surface area contributed by atoms with E-state index in [0.29, 0.717) is 46.5 Å². The van der Waals surface area contributed by atoms with E-state index in [2.05, 4.69) is 0 Å². The van der Waals surface area contributed by atoms with Gasteiger partial charge in [0.05, 0.1) is 21.3 Å². The zero-order chi connectivity index (χ0) is 21.1. The smallest absolute Gasteiger partial charge is 0.317 e. The van der Waals surface area contributed by atoms with Crippen LogP contribution in [0.3, 0.4) is 0 Å². The summed E-state index contributed by atoms with van der Waals surface area (Å²) in [7, 11) is 4.46. The number of ether oxygens (including phenoxy) is 5. The summed E-state index contributed by atoms with van der Waals surface area (Å²) in [4.78, 5) is 12.7. The van der Waals surface area contributed by atoms with Crippen LogP contribution in [0.4, 0.5) is 0 Å². The molecule has 4 rings (SSSR count). The Kier molecular flexibility index (Phi) is 5.48. The van der Waals surface area contributed by atoms with E-state index in [-0.39, 0.29) is 0 Å². The van der Waals surface area contributed by atoms with Crippen LogP contribution in [0.5, 0.6) is 28.7 Å². The van der Waals surface area contributed by atoms with Gasteiger partial charge in [0.1, 0.15) is 18.3 Å². The van der Waals surface area contributed by atoms with Crippen molar-refractivity contribution in [1.82, 2.24) is 0 Å². The largest absolute Gasteiger partial charge is 0.493 e. The predicted molar refractivity (Wildman–Crippen MR) is 111 cm³/mol. The molecule has 1 aliphatic heterocycles. The van der Waals surface area contributed by atoms with E-state index in [9.17, 15) is 4.79 Å². The summed E-state index contributed by atoms with van der Waals surface area (Å²) in [5.41, 5.74) is 2.35. The Labute approximate surface area is 174 Å². The van der Waals surface area contributed by atoms with Crippen molar-refractivity contribution in [3.05, 3.63) is 77.4 Å². The van der Waals surface area contributed by atoms with E-state index in [1.165, 1.54) is 7.11 Å². The number of esters is 1. The second-order valence-electron chi connectivity index (χ2n) is 6.75. The van der Waals surface area contributed by atoms with E-state index in [1.807, 2.05) is 48.5 Å². The summed E-state index contributed by atoms with van der Waals surface area (Å²) in [6.07, 6.45) is 0. The molecular formula is C24H22O6. The lowest BCUT2D eigenvalue weighted by molar-refractivity contribution is -0.141. The van der Waals surface area contributed by atoms with Gasteiger partial charge in [0.15, 0.2) is 23.0 Å². The Balaban J connectivity index is 1.77. The molecule has 0 aliphatic carbocycles. The van der Waals surface area contributed by atoms with Crippen molar-refractivity contribution in [2.75, 3.05) is 21.3 Å². The van der Waals surface area contributed by atoms with Gasteiger partial charge in [0, 0.05) is 17.2 Å². The molecule has 1 aliphatic rings. The number of carbonyl (C=O) groups is 1. The number of rotatable bonds is 6. The fourth-order valence-electron chi connectivity index (χ4n) is 3.56. The van der Waals surface area contributed by atoms with E-state index in [0.717, 1.165) is 5.56 Å². The summed E-state index contributed by atoms with van der Waals surface area (Å²) in [5, 5.41) is 0. The van der Waals surface area contributed by atoms with Crippen LogP contribution in [0.25, 0.3) is 0 Å². The summed E-state index contributed by atoms with van der Waals surface area (Å²) in [6.45, 7) is 0.377. The molecule has 1 unspecified atom stereocenters. The third kappa shape index (κ3) is 3.52. The topological polar surface area (TPSA) is 63.2 Å². The minimum absolute atomic E-state index is 0.377. The first-order valence-corrected chi connectivity index (χ1v) is 9.47. The average molecular weight is 406 g/mol. The number of benzene rings is 3. The molecule has 0 N–H and O–H groups in total. The van der Waals surface area contributed by atoms with Gasteiger partial charge < -0.3 is 23.7 Å². The Hall–Kier alpha value is -3.67. The average Bonchev–Trinajstić information content (AvgIpc) is 2.80. The van der Waals surface area contributed by atoms with E-state index in [1.54, 1.807) is 26.4 Å². The maximum absolute atomic E-state index is 12.7. The molecule has 1 atom stereocenters. The molecule has 1 heterocycles. The summed E-state index contributed by atoms with van der Waals surface area (Å²) >= 11 is 0. The summed E-state index contributed by atoms with van der Waals surface area (Å²) < 4.78 is 28.1. The molecule has 154 valence electrons. The number of hydrogen-bond acceptors (Lipinski definition) is 6. The monoisotopic (exact) mass is 406 g/mol. The van der Waals surface area contributed by atoms with Crippen LogP contribution in [-0.4, -0.2) is 27.3 Å². The molecule has 0 fully saturated rings.